The molecule has 0 atom stereocenters. The van der Waals surface area contributed by atoms with Gasteiger partial charge in [-0.3, -0.25) is 10.0 Å². The summed E-state index contributed by atoms with van der Waals surface area (Å²) in [5, 5.41) is 21.7. The number of hydrogen-bond acceptors (Lipinski definition) is 11. The smallest absolute Gasteiger partial charge is 0.244 e. The molecule has 33 heavy (non-hydrogen) atoms. The number of hydroxylamine groups is 1. The SMILES string of the molecule is N#CCc1cc2c(cc1Sc1nc3c(N)ncnc3n1CCNCCC(=O)NO)OCCO2. The van der Waals surface area contributed by atoms with Gasteiger partial charge in [0.1, 0.15) is 19.5 Å². The second-order valence-electron chi connectivity index (χ2n) is 7.05. The minimum atomic E-state index is -0.462. The van der Waals surface area contributed by atoms with Gasteiger partial charge in [-0.1, -0.05) is 11.8 Å². The number of fused-ring (bicyclic) bond motifs is 2. The van der Waals surface area contributed by atoms with Crippen LogP contribution in [0.1, 0.15) is 12.0 Å². The van der Waals surface area contributed by atoms with E-state index in [0.717, 1.165) is 10.5 Å². The van der Waals surface area contributed by atoms with Crippen molar-refractivity contribution in [3.63, 3.8) is 0 Å². The molecule has 4 rings (SSSR count). The number of nitrogens with one attached hydrogen (secondary N) is 2. The molecule has 0 aliphatic carbocycles. The van der Waals surface area contributed by atoms with Gasteiger partial charge >= 0.3 is 0 Å². The number of nitrogen functional groups attached to an aromatic ring is 1. The first-order chi connectivity index (χ1) is 16.1. The van der Waals surface area contributed by atoms with E-state index in [2.05, 4.69) is 26.3 Å². The van der Waals surface area contributed by atoms with E-state index >= 15 is 0 Å². The number of nitriles is 1. The van der Waals surface area contributed by atoms with Gasteiger partial charge in [0.15, 0.2) is 33.6 Å². The highest BCUT2D eigenvalue weighted by atomic mass is 32.2. The topological polar surface area (TPSA) is 173 Å². The maximum atomic E-state index is 11.2. The average molecular weight is 471 g/mol. The zero-order valence-corrected chi connectivity index (χ0v) is 18.4. The molecule has 0 saturated heterocycles. The number of rotatable bonds is 9. The molecule has 2 aromatic heterocycles. The van der Waals surface area contributed by atoms with Crippen LogP contribution in [-0.4, -0.2) is 56.9 Å². The van der Waals surface area contributed by atoms with Crippen LogP contribution in [0.15, 0.2) is 28.5 Å². The molecule has 13 heteroatoms. The molecule has 0 bridgehead atoms. The maximum Gasteiger partial charge on any atom is 0.244 e. The minimum Gasteiger partial charge on any atom is -0.486 e. The molecule has 3 heterocycles. The van der Waals surface area contributed by atoms with E-state index < -0.39 is 5.91 Å². The summed E-state index contributed by atoms with van der Waals surface area (Å²) in [6.07, 6.45) is 1.73. The third kappa shape index (κ3) is 5.08. The Labute approximate surface area is 193 Å². The van der Waals surface area contributed by atoms with Crippen molar-refractivity contribution in [1.29, 1.82) is 5.26 Å². The fourth-order valence-corrected chi connectivity index (χ4v) is 4.37. The number of ether oxygens (including phenoxy) is 2. The van der Waals surface area contributed by atoms with Crippen LogP contribution in [0.2, 0.25) is 0 Å². The Hall–Kier alpha value is -3.60. The Kier molecular flexibility index (Phi) is 7.08. The summed E-state index contributed by atoms with van der Waals surface area (Å²) >= 11 is 1.38. The first-order valence-corrected chi connectivity index (χ1v) is 11.0. The molecule has 1 aliphatic rings. The second-order valence-corrected chi connectivity index (χ2v) is 8.06. The minimum absolute atomic E-state index is 0.145. The van der Waals surface area contributed by atoms with Crippen LogP contribution >= 0.6 is 11.8 Å². The van der Waals surface area contributed by atoms with Crippen molar-refractivity contribution in [2.45, 2.75) is 29.4 Å². The summed E-state index contributed by atoms with van der Waals surface area (Å²) < 4.78 is 13.3. The van der Waals surface area contributed by atoms with E-state index in [9.17, 15) is 10.1 Å². The number of nitrogens with two attached hydrogens (primary N) is 1. The maximum absolute atomic E-state index is 11.2. The Balaban J connectivity index is 1.62. The summed E-state index contributed by atoms with van der Waals surface area (Å²) in [4.78, 5) is 25.0. The van der Waals surface area contributed by atoms with Gasteiger partial charge in [0.05, 0.1) is 12.5 Å². The van der Waals surface area contributed by atoms with Gasteiger partial charge in [-0.15, -0.1) is 0 Å². The summed E-state index contributed by atoms with van der Waals surface area (Å²) in [5.41, 5.74) is 9.50. The Morgan fingerprint density at radius 1 is 1.27 bits per heavy atom. The van der Waals surface area contributed by atoms with Gasteiger partial charge in [0.2, 0.25) is 5.91 Å². The zero-order chi connectivity index (χ0) is 23.2. The van der Waals surface area contributed by atoms with Gasteiger partial charge < -0.3 is 25.1 Å². The lowest BCUT2D eigenvalue weighted by Crippen LogP contribution is -2.27. The molecule has 1 aromatic carbocycles. The summed E-state index contributed by atoms with van der Waals surface area (Å²) in [6, 6.07) is 5.88. The van der Waals surface area contributed by atoms with E-state index in [-0.39, 0.29) is 18.7 Å². The van der Waals surface area contributed by atoms with Crippen molar-refractivity contribution in [3.8, 4) is 17.6 Å². The predicted octanol–water partition coefficient (Wildman–Crippen LogP) is 0.882. The fraction of sp³-hybridized carbons (Fsp3) is 0.350. The molecule has 0 fully saturated rings. The molecule has 1 aliphatic heterocycles. The molecule has 172 valence electrons. The lowest BCUT2D eigenvalue weighted by molar-refractivity contribution is -0.129. The summed E-state index contributed by atoms with van der Waals surface area (Å²) in [5.74, 6) is 1.05. The number of anilines is 1. The molecule has 0 unspecified atom stereocenters. The predicted molar refractivity (Wildman–Crippen MR) is 118 cm³/mol. The first kappa shape index (κ1) is 22.6. The van der Waals surface area contributed by atoms with Crippen LogP contribution < -0.4 is 26.0 Å². The largest absolute Gasteiger partial charge is 0.486 e. The fourth-order valence-electron chi connectivity index (χ4n) is 3.32. The number of hydrogen-bond donors (Lipinski definition) is 4. The highest BCUT2D eigenvalue weighted by molar-refractivity contribution is 7.99. The van der Waals surface area contributed by atoms with E-state index in [0.29, 0.717) is 60.7 Å². The molecule has 1 amide bonds. The molecule has 3 aromatic rings. The lowest BCUT2D eigenvalue weighted by atomic mass is 10.1. The van der Waals surface area contributed by atoms with Crippen molar-refractivity contribution in [2.75, 3.05) is 32.0 Å². The van der Waals surface area contributed by atoms with E-state index in [1.807, 2.05) is 16.7 Å². The normalized spacial score (nSPS) is 12.5. The number of aromatic nitrogens is 4. The molecule has 0 saturated carbocycles. The third-order valence-electron chi connectivity index (χ3n) is 4.89. The third-order valence-corrected chi connectivity index (χ3v) is 5.98. The van der Waals surface area contributed by atoms with Gasteiger partial charge in [-0.05, 0) is 17.7 Å². The number of imidazole rings is 1. The van der Waals surface area contributed by atoms with Crippen LogP contribution in [0.4, 0.5) is 5.82 Å². The molecule has 0 spiro atoms. The van der Waals surface area contributed by atoms with Gasteiger partial charge in [-0.25, -0.2) is 20.4 Å². The molecular formula is C20H22N8O4S. The van der Waals surface area contributed by atoms with E-state index in [1.54, 1.807) is 5.48 Å². The van der Waals surface area contributed by atoms with Crippen LogP contribution in [0.5, 0.6) is 11.5 Å². The number of carbonyl (C=O) groups excluding carboxylic acids is 1. The number of nitrogens with zero attached hydrogens (tertiary/aromatic N) is 5. The Morgan fingerprint density at radius 2 is 2.06 bits per heavy atom. The van der Waals surface area contributed by atoms with Gasteiger partial charge in [0, 0.05) is 31.0 Å². The van der Waals surface area contributed by atoms with Crippen molar-refractivity contribution < 1.29 is 19.5 Å². The summed E-state index contributed by atoms with van der Waals surface area (Å²) in [6.45, 7) is 2.33. The van der Waals surface area contributed by atoms with Crippen molar-refractivity contribution in [1.82, 2.24) is 30.3 Å². The van der Waals surface area contributed by atoms with E-state index in [1.165, 1.54) is 18.1 Å². The van der Waals surface area contributed by atoms with Crippen molar-refractivity contribution >= 4 is 34.7 Å². The van der Waals surface area contributed by atoms with Crippen molar-refractivity contribution in [2.24, 2.45) is 0 Å². The van der Waals surface area contributed by atoms with Crippen LogP contribution in [0, 0.1) is 11.3 Å². The highest BCUT2D eigenvalue weighted by Crippen LogP contribution is 2.40. The second kappa shape index (κ2) is 10.3. The quantitative estimate of drug-likeness (QED) is 0.199. The number of benzene rings is 1. The van der Waals surface area contributed by atoms with Gasteiger partial charge in [-0.2, -0.15) is 5.26 Å². The molecule has 0 radical (unpaired) electrons. The van der Waals surface area contributed by atoms with E-state index in [4.69, 9.17) is 20.4 Å². The average Bonchev–Trinajstić information content (AvgIpc) is 3.17. The zero-order valence-electron chi connectivity index (χ0n) is 17.6. The number of amides is 1. The van der Waals surface area contributed by atoms with Crippen LogP contribution in [-0.2, 0) is 17.8 Å². The molecule has 12 nitrogen and oxygen atoms in total. The Bertz CT molecular complexity index is 1210. The first-order valence-electron chi connectivity index (χ1n) is 10.2. The van der Waals surface area contributed by atoms with Crippen LogP contribution in [0.3, 0.4) is 0 Å². The monoisotopic (exact) mass is 470 g/mol. The summed E-state index contributed by atoms with van der Waals surface area (Å²) in [7, 11) is 0. The number of carbonyl (C=O) groups is 1. The standard InChI is InChI=1S/C20H22N8O4S/c21-3-1-12-9-13-14(32-8-7-31-13)10-15(12)33-20-26-17-18(22)24-11-25-19(17)28(20)6-5-23-4-2-16(29)27-30/h9-11,23,30H,1-2,4-8H2,(H,27,29)(H2,22,24,25). The molecular weight excluding hydrogens is 448 g/mol. The van der Waals surface area contributed by atoms with Gasteiger partial charge in [0.25, 0.3) is 0 Å². The van der Waals surface area contributed by atoms with Crippen LogP contribution in [0.25, 0.3) is 11.2 Å². The molecule has 5 N–H and O–H groups in total. The highest BCUT2D eigenvalue weighted by Gasteiger charge is 2.20. The van der Waals surface area contributed by atoms with Crippen molar-refractivity contribution in [3.05, 3.63) is 24.0 Å². The Morgan fingerprint density at radius 3 is 2.82 bits per heavy atom. The lowest BCUT2D eigenvalue weighted by Gasteiger charge is -2.20.